The molecule has 2 aliphatic rings. The Labute approximate surface area is 241 Å². The van der Waals surface area contributed by atoms with Crippen LogP contribution < -0.4 is 15.4 Å². The normalized spacial score (nSPS) is 16.9. The average molecular weight is 564 g/mol. The molecule has 7 nitrogen and oxygen atoms in total. The first-order chi connectivity index (χ1) is 18.9. The third kappa shape index (κ3) is 6.23. The molecule has 39 heavy (non-hydrogen) atoms. The zero-order valence-electron chi connectivity index (χ0n) is 23.1. The van der Waals surface area contributed by atoms with Gasteiger partial charge in [0.2, 0.25) is 0 Å². The Morgan fingerprint density at radius 3 is 2.28 bits per heavy atom. The average Bonchev–Trinajstić information content (AvgIpc) is 3.22. The zero-order chi connectivity index (χ0) is 27.9. The van der Waals surface area contributed by atoms with Gasteiger partial charge in [-0.1, -0.05) is 75.3 Å². The predicted molar refractivity (Wildman–Crippen MR) is 165 cm³/mol. The molecule has 2 aromatic rings. The van der Waals surface area contributed by atoms with E-state index in [1.807, 2.05) is 31.2 Å². The first kappa shape index (κ1) is 28.9. The summed E-state index contributed by atoms with van der Waals surface area (Å²) in [7, 11) is 0. The minimum Gasteiger partial charge on any atom is -0.368 e. The van der Waals surface area contributed by atoms with E-state index in [9.17, 15) is 14.9 Å². The maximum atomic E-state index is 13.6. The number of nitrogens with zero attached hydrogens (tertiary/aromatic N) is 5. The Morgan fingerprint density at radius 1 is 0.974 bits per heavy atom. The Morgan fingerprint density at radius 2 is 1.64 bits per heavy atom. The molecule has 0 bridgehead atoms. The number of anilines is 2. The van der Waals surface area contributed by atoms with Crippen molar-refractivity contribution in [2.75, 3.05) is 42.5 Å². The van der Waals surface area contributed by atoms with Crippen LogP contribution in [0, 0.1) is 18.3 Å². The van der Waals surface area contributed by atoms with Crippen LogP contribution in [0.2, 0.25) is 0 Å². The first-order valence-corrected chi connectivity index (χ1v) is 15.1. The summed E-state index contributed by atoms with van der Waals surface area (Å²) < 4.78 is 2.33. The number of hydrogen-bond acceptors (Lipinski definition) is 7. The number of carbonyl (C=O) groups excluding carboxylic acids is 1. The summed E-state index contributed by atoms with van der Waals surface area (Å²) in [6.07, 6.45) is 6.64. The number of para-hydroxylation sites is 1. The lowest BCUT2D eigenvalue weighted by Crippen LogP contribution is -2.48. The Balaban J connectivity index is 1.76. The van der Waals surface area contributed by atoms with Crippen LogP contribution in [-0.4, -0.2) is 52.4 Å². The van der Waals surface area contributed by atoms with E-state index in [-0.39, 0.29) is 17.0 Å². The fourth-order valence-corrected chi connectivity index (χ4v) is 6.46. The van der Waals surface area contributed by atoms with Crippen molar-refractivity contribution in [1.82, 2.24) is 9.47 Å². The fraction of sp³-hybridized carbons (Fsp3) is 0.467. The third-order valence-corrected chi connectivity index (χ3v) is 8.79. The second kappa shape index (κ2) is 13.3. The molecule has 4 rings (SSSR count). The van der Waals surface area contributed by atoms with Gasteiger partial charge in [0.15, 0.2) is 0 Å². The highest BCUT2D eigenvalue weighted by atomic mass is 32.2. The molecular weight excluding hydrogens is 526 g/mol. The van der Waals surface area contributed by atoms with Gasteiger partial charge in [0.05, 0.1) is 4.91 Å². The van der Waals surface area contributed by atoms with E-state index in [4.69, 9.17) is 12.2 Å². The van der Waals surface area contributed by atoms with Gasteiger partial charge in [-0.05, 0) is 43.5 Å². The smallest absolute Gasteiger partial charge is 0.270 e. The van der Waals surface area contributed by atoms with E-state index in [1.165, 1.54) is 17.4 Å². The largest absolute Gasteiger partial charge is 0.368 e. The zero-order valence-corrected chi connectivity index (χ0v) is 24.7. The highest BCUT2D eigenvalue weighted by Gasteiger charge is 2.33. The van der Waals surface area contributed by atoms with Crippen molar-refractivity contribution in [2.45, 2.75) is 59.4 Å². The molecule has 0 aliphatic carbocycles. The summed E-state index contributed by atoms with van der Waals surface area (Å²) in [6.45, 7) is 10.3. The lowest BCUT2D eigenvalue weighted by atomic mass is 10.0. The van der Waals surface area contributed by atoms with Crippen LogP contribution in [0.25, 0.3) is 6.08 Å². The molecule has 2 aliphatic heterocycles. The number of unbranched alkanes of at least 4 members (excludes halogenated alkanes) is 3. The molecule has 0 atom stereocenters. The van der Waals surface area contributed by atoms with Crippen molar-refractivity contribution in [3.8, 4) is 6.07 Å². The predicted octanol–water partition coefficient (Wildman–Crippen LogP) is 5.55. The number of thioether (sulfide) groups is 1. The highest BCUT2D eigenvalue weighted by Crippen LogP contribution is 2.36. The van der Waals surface area contributed by atoms with E-state index < -0.39 is 0 Å². The van der Waals surface area contributed by atoms with Crippen LogP contribution in [0.15, 0.2) is 40.0 Å². The molecule has 0 unspecified atom stereocenters. The van der Waals surface area contributed by atoms with Crippen molar-refractivity contribution >= 4 is 51.8 Å². The van der Waals surface area contributed by atoms with Crippen LogP contribution in [0.3, 0.4) is 0 Å². The number of benzene rings is 1. The van der Waals surface area contributed by atoms with E-state index in [0.29, 0.717) is 27.9 Å². The molecule has 206 valence electrons. The summed E-state index contributed by atoms with van der Waals surface area (Å²) in [5.74, 6) is 0.707. The lowest BCUT2D eigenvalue weighted by Gasteiger charge is -2.39. The van der Waals surface area contributed by atoms with E-state index in [0.717, 1.165) is 69.7 Å². The standard InChI is InChI=1S/C30H37N5O2S2/c1-4-6-11-15-35-29(37)26(39-30(35)38)20-24-22(3)25(21-31)28(36)34(14-7-5-2)27(24)33-18-16-32(17-19-33)23-12-9-8-10-13-23/h8-10,12-13,20H,4-7,11,14-19H2,1-3H3/b26-20-. The van der Waals surface area contributed by atoms with Crippen molar-refractivity contribution in [2.24, 2.45) is 0 Å². The summed E-state index contributed by atoms with van der Waals surface area (Å²) in [5, 5.41) is 9.95. The number of piperazine rings is 1. The summed E-state index contributed by atoms with van der Waals surface area (Å²) in [5.41, 5.74) is 2.45. The number of hydrogen-bond donors (Lipinski definition) is 0. The molecule has 3 heterocycles. The molecule has 0 saturated carbocycles. The molecule has 1 aromatic carbocycles. The molecule has 2 saturated heterocycles. The van der Waals surface area contributed by atoms with Crippen molar-refractivity contribution in [3.63, 3.8) is 0 Å². The van der Waals surface area contributed by atoms with Gasteiger partial charge in [0, 0.05) is 50.5 Å². The minimum absolute atomic E-state index is 0.0924. The van der Waals surface area contributed by atoms with Crippen molar-refractivity contribution < 1.29 is 4.79 Å². The van der Waals surface area contributed by atoms with Gasteiger partial charge in [-0.25, -0.2) is 0 Å². The molecule has 0 N–H and O–H groups in total. The Hall–Kier alpha value is -3.09. The number of carbonyl (C=O) groups is 1. The van der Waals surface area contributed by atoms with Gasteiger partial charge >= 0.3 is 0 Å². The first-order valence-electron chi connectivity index (χ1n) is 13.9. The Kier molecular flexibility index (Phi) is 9.87. The number of amides is 1. The van der Waals surface area contributed by atoms with Crippen LogP contribution in [0.5, 0.6) is 0 Å². The lowest BCUT2D eigenvalue weighted by molar-refractivity contribution is -0.122. The van der Waals surface area contributed by atoms with Crippen LogP contribution in [-0.2, 0) is 11.3 Å². The summed E-state index contributed by atoms with van der Waals surface area (Å²) >= 11 is 6.88. The van der Waals surface area contributed by atoms with Gasteiger partial charge in [0.25, 0.3) is 11.5 Å². The highest BCUT2D eigenvalue weighted by molar-refractivity contribution is 8.26. The number of pyridine rings is 1. The molecule has 1 amide bonds. The van der Waals surface area contributed by atoms with Crippen LogP contribution in [0.4, 0.5) is 11.5 Å². The minimum atomic E-state index is -0.256. The number of thiocarbonyl (C=S) groups is 1. The van der Waals surface area contributed by atoms with Crippen molar-refractivity contribution in [1.29, 1.82) is 5.26 Å². The molecular formula is C30H37N5O2S2. The van der Waals surface area contributed by atoms with Crippen LogP contribution >= 0.6 is 24.0 Å². The molecule has 2 fully saturated rings. The van der Waals surface area contributed by atoms with E-state index in [2.05, 4.69) is 41.8 Å². The number of rotatable bonds is 10. The monoisotopic (exact) mass is 563 g/mol. The number of nitriles is 1. The van der Waals surface area contributed by atoms with Gasteiger partial charge in [-0.2, -0.15) is 5.26 Å². The van der Waals surface area contributed by atoms with Gasteiger partial charge < -0.3 is 9.80 Å². The Bertz CT molecular complexity index is 1340. The van der Waals surface area contributed by atoms with Gasteiger partial charge in [0.1, 0.15) is 21.8 Å². The molecule has 0 spiro atoms. The maximum Gasteiger partial charge on any atom is 0.270 e. The topological polar surface area (TPSA) is 72.6 Å². The van der Waals surface area contributed by atoms with Gasteiger partial charge in [-0.3, -0.25) is 19.1 Å². The van der Waals surface area contributed by atoms with E-state index >= 15 is 0 Å². The SMILES string of the molecule is CCCCCN1C(=O)/C(=C/c2c(C)c(C#N)c(=O)n(CCCC)c2N2CCN(c3ccccc3)CC2)SC1=S. The summed E-state index contributed by atoms with van der Waals surface area (Å²) in [4.78, 5) is 33.8. The van der Waals surface area contributed by atoms with Gasteiger partial charge in [-0.15, -0.1) is 0 Å². The summed E-state index contributed by atoms with van der Waals surface area (Å²) in [6, 6.07) is 12.5. The maximum absolute atomic E-state index is 13.6. The molecule has 1 aromatic heterocycles. The second-order valence-electron chi connectivity index (χ2n) is 10.0. The second-order valence-corrected chi connectivity index (χ2v) is 11.7. The van der Waals surface area contributed by atoms with Crippen LogP contribution in [0.1, 0.15) is 62.6 Å². The molecule has 9 heteroatoms. The third-order valence-electron chi connectivity index (χ3n) is 7.42. The van der Waals surface area contributed by atoms with E-state index in [1.54, 1.807) is 9.47 Å². The fourth-order valence-electron chi connectivity index (χ4n) is 5.17. The molecule has 0 radical (unpaired) electrons. The number of aromatic nitrogens is 1. The van der Waals surface area contributed by atoms with Crippen molar-refractivity contribution in [3.05, 3.63) is 62.3 Å². The quantitative estimate of drug-likeness (QED) is 0.213.